The van der Waals surface area contributed by atoms with Crippen LogP contribution in [-0.2, 0) is 0 Å². The van der Waals surface area contributed by atoms with Gasteiger partial charge in [0.1, 0.15) is 0 Å². The maximum absolute atomic E-state index is 12.4. The molecule has 2 N–H and O–H groups in total. The largest absolute Gasteiger partial charge is 0.573 e. The molecule has 1 aromatic rings. The van der Waals surface area contributed by atoms with Gasteiger partial charge in [-0.3, -0.25) is 4.90 Å². The van der Waals surface area contributed by atoms with E-state index >= 15 is 0 Å². The second kappa shape index (κ2) is 6.51. The summed E-state index contributed by atoms with van der Waals surface area (Å²) in [4.78, 5) is 14.5. The Labute approximate surface area is 138 Å². The van der Waals surface area contributed by atoms with Crippen LogP contribution in [0.15, 0.2) is 24.3 Å². The number of hydrogen-bond donors (Lipinski definition) is 2. The van der Waals surface area contributed by atoms with Crippen LogP contribution in [-0.4, -0.2) is 42.0 Å². The molecule has 2 aliphatic rings. The molecule has 2 fully saturated rings. The van der Waals surface area contributed by atoms with Gasteiger partial charge in [-0.15, -0.1) is 13.2 Å². The van der Waals surface area contributed by atoms with E-state index in [9.17, 15) is 18.0 Å². The third kappa shape index (κ3) is 4.31. The third-order valence-corrected chi connectivity index (χ3v) is 4.34. The lowest BCUT2D eigenvalue weighted by molar-refractivity contribution is -0.274. The molecule has 1 aromatic carbocycles. The number of halogens is 3. The molecule has 1 saturated carbocycles. The van der Waals surface area contributed by atoms with Gasteiger partial charge in [-0.1, -0.05) is 12.1 Å². The number of rotatable bonds is 4. The summed E-state index contributed by atoms with van der Waals surface area (Å²) in [6.07, 6.45) is -1.57. The number of nitrogens with zero attached hydrogens (tertiary/aromatic N) is 1. The number of carbonyl (C=O) groups is 1. The molecular formula is C16H20F3N3O2. The molecule has 1 heterocycles. The zero-order chi connectivity index (χ0) is 17.3. The Kier molecular flexibility index (Phi) is 4.58. The monoisotopic (exact) mass is 343 g/mol. The minimum Gasteiger partial charge on any atom is -0.404 e. The molecular weight excluding hydrogens is 323 g/mol. The van der Waals surface area contributed by atoms with Crippen molar-refractivity contribution in [3.63, 3.8) is 0 Å². The molecule has 132 valence electrons. The average Bonchev–Trinajstić information content (AvgIpc) is 3.24. The fourth-order valence-corrected chi connectivity index (χ4v) is 3.20. The van der Waals surface area contributed by atoms with E-state index in [1.807, 2.05) is 0 Å². The molecule has 1 aliphatic heterocycles. The standard InChI is InChI=1S/C16H20F3N3O2/c1-10-8-11(9-22(10)12-6-7-12)20-15(23)21-13-4-2-3-5-14(13)24-16(17,18)19/h2-5,10-12H,6-9H2,1H3,(H2,20,21,23)/t10-,11+/m0/s1. The minimum absolute atomic E-state index is 0.00343. The Hall–Kier alpha value is -1.96. The predicted molar refractivity (Wildman–Crippen MR) is 82.9 cm³/mol. The number of likely N-dealkylation sites (tertiary alicyclic amines) is 1. The highest BCUT2D eigenvalue weighted by atomic mass is 19.4. The van der Waals surface area contributed by atoms with Crippen LogP contribution < -0.4 is 15.4 Å². The quantitative estimate of drug-likeness (QED) is 0.882. The maximum atomic E-state index is 12.4. The van der Waals surface area contributed by atoms with Gasteiger partial charge in [0.2, 0.25) is 0 Å². The Morgan fingerprint density at radius 2 is 2.00 bits per heavy atom. The molecule has 2 atom stereocenters. The second-order valence-electron chi connectivity index (χ2n) is 6.35. The van der Waals surface area contributed by atoms with E-state index in [1.54, 1.807) is 0 Å². The van der Waals surface area contributed by atoms with Gasteiger partial charge in [0.25, 0.3) is 0 Å². The maximum Gasteiger partial charge on any atom is 0.573 e. The van der Waals surface area contributed by atoms with E-state index in [0.717, 1.165) is 19.0 Å². The zero-order valence-corrected chi connectivity index (χ0v) is 13.3. The molecule has 24 heavy (non-hydrogen) atoms. The molecule has 8 heteroatoms. The number of para-hydroxylation sites is 2. The van der Waals surface area contributed by atoms with E-state index in [1.165, 1.54) is 31.0 Å². The first-order chi connectivity index (χ1) is 11.3. The minimum atomic E-state index is -4.81. The van der Waals surface area contributed by atoms with Crippen LogP contribution in [0.2, 0.25) is 0 Å². The lowest BCUT2D eigenvalue weighted by atomic mass is 10.2. The molecule has 3 rings (SSSR count). The van der Waals surface area contributed by atoms with Gasteiger partial charge in [-0.25, -0.2) is 4.79 Å². The Morgan fingerprint density at radius 1 is 1.29 bits per heavy atom. The number of alkyl halides is 3. The number of nitrogens with one attached hydrogen (secondary N) is 2. The summed E-state index contributed by atoms with van der Waals surface area (Å²) in [6, 6.07) is 5.98. The van der Waals surface area contributed by atoms with Crippen molar-refractivity contribution < 1.29 is 22.7 Å². The topological polar surface area (TPSA) is 53.6 Å². The number of anilines is 1. The normalized spacial score (nSPS) is 24.7. The fourth-order valence-electron chi connectivity index (χ4n) is 3.20. The molecule has 0 radical (unpaired) electrons. The van der Waals surface area contributed by atoms with Crippen molar-refractivity contribution in [2.24, 2.45) is 0 Å². The van der Waals surface area contributed by atoms with Crippen molar-refractivity contribution in [3.05, 3.63) is 24.3 Å². The fraction of sp³-hybridized carbons (Fsp3) is 0.562. The van der Waals surface area contributed by atoms with E-state index in [-0.39, 0.29) is 11.7 Å². The third-order valence-electron chi connectivity index (χ3n) is 4.34. The van der Waals surface area contributed by atoms with E-state index in [2.05, 4.69) is 27.2 Å². The predicted octanol–water partition coefficient (Wildman–Crippen LogP) is 3.33. The number of urea groups is 1. The van der Waals surface area contributed by atoms with Gasteiger partial charge >= 0.3 is 12.4 Å². The number of ether oxygens (including phenoxy) is 1. The number of benzene rings is 1. The van der Waals surface area contributed by atoms with Crippen LogP contribution in [0.3, 0.4) is 0 Å². The number of amides is 2. The summed E-state index contributed by atoms with van der Waals surface area (Å²) >= 11 is 0. The van der Waals surface area contributed by atoms with Gasteiger partial charge in [-0.2, -0.15) is 0 Å². The van der Waals surface area contributed by atoms with Crippen LogP contribution in [0.1, 0.15) is 26.2 Å². The Bertz CT molecular complexity index is 604. The highest BCUT2D eigenvalue weighted by Crippen LogP contribution is 2.33. The molecule has 5 nitrogen and oxygen atoms in total. The summed E-state index contributed by atoms with van der Waals surface area (Å²) in [5.74, 6) is -0.431. The van der Waals surface area contributed by atoms with Gasteiger partial charge in [0.05, 0.1) is 5.69 Å². The molecule has 0 bridgehead atoms. The van der Waals surface area contributed by atoms with Crippen molar-refractivity contribution in [2.75, 3.05) is 11.9 Å². The van der Waals surface area contributed by atoms with Gasteiger partial charge in [0, 0.05) is 24.7 Å². The second-order valence-corrected chi connectivity index (χ2v) is 6.35. The van der Waals surface area contributed by atoms with E-state index in [4.69, 9.17) is 0 Å². The van der Waals surface area contributed by atoms with Crippen LogP contribution in [0.4, 0.5) is 23.7 Å². The van der Waals surface area contributed by atoms with Crippen molar-refractivity contribution in [2.45, 2.75) is 50.7 Å². The first-order valence-electron chi connectivity index (χ1n) is 8.00. The summed E-state index contributed by atoms with van der Waals surface area (Å²) in [7, 11) is 0. The summed E-state index contributed by atoms with van der Waals surface area (Å²) in [5.41, 5.74) is -0.0163. The lowest BCUT2D eigenvalue weighted by Crippen LogP contribution is -2.40. The van der Waals surface area contributed by atoms with Crippen LogP contribution in [0.25, 0.3) is 0 Å². The van der Waals surface area contributed by atoms with Crippen molar-refractivity contribution in [1.29, 1.82) is 0 Å². The summed E-state index contributed by atoms with van der Waals surface area (Å²) in [5, 5.41) is 5.27. The number of carbonyl (C=O) groups excluding carboxylic acids is 1. The molecule has 2 amide bonds. The van der Waals surface area contributed by atoms with Crippen molar-refractivity contribution in [1.82, 2.24) is 10.2 Å². The molecule has 1 aliphatic carbocycles. The van der Waals surface area contributed by atoms with Crippen LogP contribution in [0, 0.1) is 0 Å². The smallest absolute Gasteiger partial charge is 0.404 e. The highest BCUT2D eigenvalue weighted by molar-refractivity contribution is 5.91. The van der Waals surface area contributed by atoms with Gasteiger partial charge < -0.3 is 15.4 Å². The molecule has 0 unspecified atom stereocenters. The van der Waals surface area contributed by atoms with E-state index < -0.39 is 18.1 Å². The average molecular weight is 343 g/mol. The summed E-state index contributed by atoms with van der Waals surface area (Å²) in [6.45, 7) is 2.91. The van der Waals surface area contributed by atoms with Crippen LogP contribution >= 0.6 is 0 Å². The SMILES string of the molecule is C[C@H]1C[C@@H](NC(=O)Nc2ccccc2OC(F)(F)F)CN1C1CC1. The Morgan fingerprint density at radius 3 is 2.67 bits per heavy atom. The number of hydrogen-bond acceptors (Lipinski definition) is 3. The van der Waals surface area contributed by atoms with Gasteiger partial charge in [0.15, 0.2) is 5.75 Å². The first kappa shape index (κ1) is 16.9. The lowest BCUT2D eigenvalue weighted by Gasteiger charge is -2.20. The summed E-state index contributed by atoms with van der Waals surface area (Å²) < 4.78 is 41.1. The van der Waals surface area contributed by atoms with E-state index in [0.29, 0.717) is 12.1 Å². The van der Waals surface area contributed by atoms with Crippen molar-refractivity contribution in [3.8, 4) is 5.75 Å². The zero-order valence-electron chi connectivity index (χ0n) is 13.3. The van der Waals surface area contributed by atoms with Crippen LogP contribution in [0.5, 0.6) is 5.75 Å². The Balaban J connectivity index is 1.57. The van der Waals surface area contributed by atoms with Gasteiger partial charge in [-0.05, 0) is 38.3 Å². The first-order valence-corrected chi connectivity index (χ1v) is 8.00. The molecule has 1 saturated heterocycles. The van der Waals surface area contributed by atoms with Crippen molar-refractivity contribution >= 4 is 11.7 Å². The molecule has 0 aromatic heterocycles. The molecule has 0 spiro atoms. The highest BCUT2D eigenvalue weighted by Gasteiger charge is 2.39.